The van der Waals surface area contributed by atoms with E-state index in [1.807, 2.05) is 0 Å². The van der Waals surface area contributed by atoms with E-state index in [0.717, 1.165) is 16.8 Å². The molecule has 3 rings (SSSR count). The number of aromatic nitrogens is 3. The van der Waals surface area contributed by atoms with Crippen LogP contribution in [-0.4, -0.2) is 46.2 Å². The summed E-state index contributed by atoms with van der Waals surface area (Å²) in [4.78, 5) is 12.9. The molecule has 1 aliphatic rings. The number of hydrazine groups is 1. The molecule has 14 heteroatoms. The van der Waals surface area contributed by atoms with Gasteiger partial charge in [0.2, 0.25) is 0 Å². The van der Waals surface area contributed by atoms with Gasteiger partial charge in [-0.15, -0.1) is 0 Å². The first-order chi connectivity index (χ1) is 14.4. The number of pyridine rings is 1. The van der Waals surface area contributed by atoms with Crippen molar-refractivity contribution in [2.45, 2.75) is 38.1 Å². The van der Waals surface area contributed by atoms with Crippen molar-refractivity contribution >= 4 is 28.9 Å². The molecule has 1 saturated heterocycles. The number of nitrogen functional groups attached to an aromatic ring is 1. The third-order valence-corrected chi connectivity index (χ3v) is 4.87. The number of nitrogens with zero attached hydrogens (tertiary/aromatic N) is 5. The molecule has 0 aliphatic carbocycles. The van der Waals surface area contributed by atoms with Crippen molar-refractivity contribution in [2.24, 2.45) is 5.84 Å². The van der Waals surface area contributed by atoms with Crippen LogP contribution in [-0.2, 0) is 6.54 Å². The van der Waals surface area contributed by atoms with Gasteiger partial charge in [0.1, 0.15) is 5.69 Å². The molecule has 0 bridgehead atoms. The predicted molar refractivity (Wildman–Crippen MR) is 104 cm³/mol. The SMILES string of the molecule is C[C@H](Oc1nc(N(N)Cc2ncccc2Cl)c(N)c(N2CCC(F)(F)C2)n1)C(F)(F)F. The Kier molecular flexibility index (Phi) is 6.28. The Morgan fingerprint density at radius 3 is 2.65 bits per heavy atom. The highest BCUT2D eigenvalue weighted by Crippen LogP contribution is 2.37. The zero-order valence-electron chi connectivity index (χ0n) is 16.2. The van der Waals surface area contributed by atoms with E-state index in [4.69, 9.17) is 27.9 Å². The summed E-state index contributed by atoms with van der Waals surface area (Å²) in [6.45, 7) is -0.182. The molecule has 170 valence electrons. The summed E-state index contributed by atoms with van der Waals surface area (Å²) in [5, 5.41) is 1.26. The number of rotatable bonds is 6. The van der Waals surface area contributed by atoms with Gasteiger partial charge in [0.25, 0.3) is 5.92 Å². The average molecular weight is 468 g/mol. The lowest BCUT2D eigenvalue weighted by Crippen LogP contribution is -2.35. The third kappa shape index (κ3) is 5.34. The van der Waals surface area contributed by atoms with E-state index < -0.39 is 37.2 Å². The quantitative estimate of drug-likeness (QED) is 0.379. The second kappa shape index (κ2) is 8.46. The van der Waals surface area contributed by atoms with Crippen LogP contribution in [0.2, 0.25) is 5.02 Å². The van der Waals surface area contributed by atoms with Gasteiger partial charge in [-0.2, -0.15) is 23.1 Å². The Labute approximate surface area is 178 Å². The first-order valence-electron chi connectivity index (χ1n) is 9.02. The Balaban J connectivity index is 1.99. The van der Waals surface area contributed by atoms with Crippen LogP contribution in [0.5, 0.6) is 6.01 Å². The number of hydrogen-bond acceptors (Lipinski definition) is 8. The van der Waals surface area contributed by atoms with Gasteiger partial charge in [0.15, 0.2) is 17.7 Å². The van der Waals surface area contributed by atoms with Crippen molar-refractivity contribution in [2.75, 3.05) is 28.7 Å². The van der Waals surface area contributed by atoms with Crippen molar-refractivity contribution in [3.63, 3.8) is 0 Å². The summed E-state index contributed by atoms with van der Waals surface area (Å²) < 4.78 is 71.0. The molecule has 0 radical (unpaired) electrons. The van der Waals surface area contributed by atoms with Crippen molar-refractivity contribution in [1.82, 2.24) is 15.0 Å². The fourth-order valence-electron chi connectivity index (χ4n) is 2.85. The standard InChI is InChI=1S/C17H19ClF5N7O/c1-9(17(21,22)23)31-15-27-13(29-6-4-16(19,20)8-29)12(24)14(28-15)30(25)7-11-10(18)3-2-5-26-11/h2-3,5,9H,4,6-8,24-25H2,1H3/t9-/m0/s1. The molecular formula is C17H19ClF5N7O. The maximum absolute atomic E-state index is 13.7. The van der Waals surface area contributed by atoms with E-state index in [9.17, 15) is 22.0 Å². The lowest BCUT2D eigenvalue weighted by molar-refractivity contribution is -0.190. The van der Waals surface area contributed by atoms with Gasteiger partial charge in [-0.25, -0.2) is 14.6 Å². The topological polar surface area (TPSA) is 106 Å². The third-order valence-electron chi connectivity index (χ3n) is 4.52. The van der Waals surface area contributed by atoms with E-state index in [0.29, 0.717) is 5.69 Å². The van der Waals surface area contributed by atoms with E-state index >= 15 is 0 Å². The molecular weight excluding hydrogens is 449 g/mol. The molecule has 1 aliphatic heterocycles. The minimum atomic E-state index is -4.70. The van der Waals surface area contributed by atoms with Crippen LogP contribution in [0.25, 0.3) is 0 Å². The first-order valence-corrected chi connectivity index (χ1v) is 9.40. The van der Waals surface area contributed by atoms with Gasteiger partial charge in [-0.1, -0.05) is 11.6 Å². The summed E-state index contributed by atoms with van der Waals surface area (Å²) in [6.07, 6.45) is -5.95. The molecule has 4 N–H and O–H groups in total. The molecule has 0 unspecified atom stereocenters. The lowest BCUT2D eigenvalue weighted by atomic mass is 10.3. The van der Waals surface area contributed by atoms with E-state index in [1.165, 1.54) is 6.20 Å². The van der Waals surface area contributed by atoms with Crippen LogP contribution >= 0.6 is 11.6 Å². The van der Waals surface area contributed by atoms with Crippen LogP contribution in [0, 0.1) is 0 Å². The Morgan fingerprint density at radius 2 is 2.06 bits per heavy atom. The maximum Gasteiger partial charge on any atom is 0.425 e. The highest BCUT2D eigenvalue weighted by molar-refractivity contribution is 6.31. The molecule has 31 heavy (non-hydrogen) atoms. The monoisotopic (exact) mass is 467 g/mol. The maximum atomic E-state index is 13.7. The van der Waals surface area contributed by atoms with Gasteiger partial charge in [0.05, 0.1) is 23.8 Å². The fraction of sp³-hybridized carbons (Fsp3) is 0.471. The minimum Gasteiger partial charge on any atom is -0.451 e. The summed E-state index contributed by atoms with van der Waals surface area (Å²) in [7, 11) is 0. The van der Waals surface area contributed by atoms with Crippen LogP contribution in [0.15, 0.2) is 18.3 Å². The van der Waals surface area contributed by atoms with Crippen LogP contribution in [0.4, 0.5) is 39.3 Å². The van der Waals surface area contributed by atoms with Crippen molar-refractivity contribution in [3.8, 4) is 6.01 Å². The second-order valence-corrected chi connectivity index (χ2v) is 7.36. The molecule has 1 atom stereocenters. The van der Waals surface area contributed by atoms with E-state index in [-0.39, 0.29) is 35.4 Å². The molecule has 2 aromatic rings. The number of nitrogens with two attached hydrogens (primary N) is 2. The summed E-state index contributed by atoms with van der Waals surface area (Å²) >= 11 is 6.06. The molecule has 1 fully saturated rings. The number of anilines is 3. The molecule has 0 saturated carbocycles. The van der Waals surface area contributed by atoms with Crippen molar-refractivity contribution < 1.29 is 26.7 Å². The van der Waals surface area contributed by atoms with Gasteiger partial charge in [0, 0.05) is 19.2 Å². The summed E-state index contributed by atoms with van der Waals surface area (Å²) in [5.41, 5.74) is 6.21. The van der Waals surface area contributed by atoms with Gasteiger partial charge in [-0.05, 0) is 19.1 Å². The number of halogens is 6. The largest absolute Gasteiger partial charge is 0.451 e. The Hall–Kier alpha value is -2.67. The summed E-state index contributed by atoms with van der Waals surface area (Å²) in [6, 6.07) is 2.46. The minimum absolute atomic E-state index is 0.113. The first kappa shape index (κ1) is 23.0. The highest BCUT2D eigenvalue weighted by Gasteiger charge is 2.41. The molecule has 8 nitrogen and oxygen atoms in total. The second-order valence-electron chi connectivity index (χ2n) is 6.96. The number of ether oxygens (including phenoxy) is 1. The van der Waals surface area contributed by atoms with Gasteiger partial charge in [-0.3, -0.25) is 9.99 Å². The average Bonchev–Trinajstić information content (AvgIpc) is 3.03. The van der Waals surface area contributed by atoms with Gasteiger partial charge < -0.3 is 15.4 Å². The normalized spacial score (nSPS) is 17.0. The Morgan fingerprint density at radius 1 is 1.35 bits per heavy atom. The zero-order chi connectivity index (χ0) is 23.0. The van der Waals surface area contributed by atoms with Crippen LogP contribution in [0.3, 0.4) is 0 Å². The summed E-state index contributed by atoms with van der Waals surface area (Å²) in [5.74, 6) is 2.61. The lowest BCUT2D eigenvalue weighted by Gasteiger charge is -2.25. The molecule has 0 amide bonds. The zero-order valence-corrected chi connectivity index (χ0v) is 17.0. The molecule has 3 heterocycles. The van der Waals surface area contributed by atoms with Crippen molar-refractivity contribution in [3.05, 3.63) is 29.0 Å². The van der Waals surface area contributed by atoms with Gasteiger partial charge >= 0.3 is 12.2 Å². The number of hydrogen-bond donors (Lipinski definition) is 2. The molecule has 2 aromatic heterocycles. The van der Waals surface area contributed by atoms with E-state index in [1.54, 1.807) is 12.1 Å². The van der Waals surface area contributed by atoms with Crippen LogP contribution in [0.1, 0.15) is 19.0 Å². The Bertz CT molecular complexity index is 946. The molecule has 0 aromatic carbocycles. The fourth-order valence-corrected chi connectivity index (χ4v) is 3.03. The predicted octanol–water partition coefficient (Wildman–Crippen LogP) is 3.16. The van der Waals surface area contributed by atoms with Crippen molar-refractivity contribution in [1.29, 1.82) is 0 Å². The highest BCUT2D eigenvalue weighted by atomic mass is 35.5. The van der Waals surface area contributed by atoms with E-state index in [2.05, 4.69) is 15.0 Å². The van der Waals surface area contributed by atoms with Crippen LogP contribution < -0.4 is 26.2 Å². The number of alkyl halides is 5. The smallest absolute Gasteiger partial charge is 0.425 e. The molecule has 0 spiro atoms.